The van der Waals surface area contributed by atoms with Crippen LogP contribution in [0.15, 0.2) is 48.9 Å². The van der Waals surface area contributed by atoms with E-state index in [1.807, 2.05) is 24.3 Å². The number of aromatic nitrogens is 4. The maximum Gasteiger partial charge on any atom is 0.222 e. The number of hydrogen-bond acceptors (Lipinski definition) is 7. The summed E-state index contributed by atoms with van der Waals surface area (Å²) in [7, 11) is 0. The van der Waals surface area contributed by atoms with Crippen LogP contribution in [-0.4, -0.2) is 50.3 Å². The first kappa shape index (κ1) is 14.8. The Kier molecular flexibility index (Phi) is 3.92. The number of nitrogens with zero attached hydrogens (tertiary/aromatic N) is 5. The van der Waals surface area contributed by atoms with Crippen LogP contribution in [0, 0.1) is 0 Å². The number of rotatable bonds is 3. The topological polar surface area (TPSA) is 87.1 Å². The van der Waals surface area contributed by atoms with Crippen molar-refractivity contribution in [1.29, 1.82) is 0 Å². The molecule has 1 fully saturated rings. The third kappa shape index (κ3) is 2.98. The Balaban J connectivity index is 1.47. The summed E-state index contributed by atoms with van der Waals surface area (Å²) < 4.78 is 0. The molecule has 2 N–H and O–H groups in total. The summed E-state index contributed by atoms with van der Waals surface area (Å²) in [6.45, 7) is 1.28. The first-order valence-corrected chi connectivity index (χ1v) is 7.98. The summed E-state index contributed by atoms with van der Waals surface area (Å²) >= 11 is 0. The Bertz CT molecular complexity index is 827. The zero-order chi connectivity index (χ0) is 16.4. The Morgan fingerprint density at radius 1 is 1.04 bits per heavy atom. The van der Waals surface area contributed by atoms with Crippen molar-refractivity contribution in [3.05, 3.63) is 48.9 Å². The number of aliphatic hydroxyl groups is 1. The second-order valence-electron chi connectivity index (χ2n) is 5.84. The van der Waals surface area contributed by atoms with Gasteiger partial charge in [-0.1, -0.05) is 12.1 Å². The molecule has 4 rings (SSSR count). The van der Waals surface area contributed by atoms with Gasteiger partial charge in [0.15, 0.2) is 0 Å². The number of anilines is 2. The molecule has 3 aromatic rings. The zero-order valence-corrected chi connectivity index (χ0v) is 13.1. The molecule has 0 saturated carbocycles. The molecule has 0 unspecified atom stereocenters. The first-order valence-electron chi connectivity index (χ1n) is 7.98. The predicted molar refractivity (Wildman–Crippen MR) is 91.8 cm³/mol. The van der Waals surface area contributed by atoms with Crippen molar-refractivity contribution in [2.75, 3.05) is 23.3 Å². The number of aliphatic hydroxyl groups excluding tert-OH is 1. The quantitative estimate of drug-likeness (QED) is 0.755. The average Bonchev–Trinajstić information content (AvgIpc) is 2.64. The lowest BCUT2D eigenvalue weighted by molar-refractivity contribution is 0.139. The molecule has 2 aromatic heterocycles. The highest BCUT2D eigenvalue weighted by Gasteiger charge is 2.29. The predicted octanol–water partition coefficient (Wildman–Crippen LogP) is 1.47. The maximum absolute atomic E-state index is 10.5. The SMILES string of the molecule is O[C@@H]1CN(c2cnc3ccccc3n2)CC[C@H]1Nc1ncccn1. The van der Waals surface area contributed by atoms with Gasteiger partial charge in [-0.2, -0.15) is 0 Å². The van der Waals surface area contributed by atoms with E-state index >= 15 is 0 Å². The second-order valence-corrected chi connectivity index (χ2v) is 5.84. The lowest BCUT2D eigenvalue weighted by atomic mass is 10.0. The van der Waals surface area contributed by atoms with Crippen molar-refractivity contribution in [2.45, 2.75) is 18.6 Å². The summed E-state index contributed by atoms with van der Waals surface area (Å²) in [5.41, 5.74) is 1.74. The van der Waals surface area contributed by atoms with Gasteiger partial charge in [0.2, 0.25) is 5.95 Å². The monoisotopic (exact) mass is 322 g/mol. The molecule has 1 saturated heterocycles. The number of fused-ring (bicyclic) bond motifs is 1. The molecule has 1 aliphatic heterocycles. The molecule has 2 atom stereocenters. The molecule has 7 nitrogen and oxygen atoms in total. The summed E-state index contributed by atoms with van der Waals surface area (Å²) in [6, 6.07) is 9.48. The van der Waals surface area contributed by atoms with Crippen molar-refractivity contribution in [3.63, 3.8) is 0 Å². The third-order valence-electron chi connectivity index (χ3n) is 4.22. The van der Waals surface area contributed by atoms with E-state index in [4.69, 9.17) is 0 Å². The van der Waals surface area contributed by atoms with Crippen LogP contribution in [0.2, 0.25) is 0 Å². The molecule has 3 heterocycles. The molecule has 1 aromatic carbocycles. The van der Waals surface area contributed by atoms with E-state index in [0.29, 0.717) is 12.5 Å². The van der Waals surface area contributed by atoms with Crippen molar-refractivity contribution < 1.29 is 5.11 Å². The average molecular weight is 322 g/mol. The Morgan fingerprint density at radius 3 is 2.62 bits per heavy atom. The highest BCUT2D eigenvalue weighted by Crippen LogP contribution is 2.21. The van der Waals surface area contributed by atoms with Gasteiger partial charge in [0.25, 0.3) is 0 Å². The minimum atomic E-state index is -0.532. The number of piperidine rings is 1. The molecular weight excluding hydrogens is 304 g/mol. The van der Waals surface area contributed by atoms with Gasteiger partial charge in [-0.05, 0) is 24.6 Å². The summed E-state index contributed by atoms with van der Waals surface area (Å²) in [4.78, 5) is 19.5. The highest BCUT2D eigenvalue weighted by molar-refractivity contribution is 5.75. The number of benzene rings is 1. The number of β-amino-alcohol motifs (C(OH)–C–C–N with tert-alkyl or cyclic N) is 1. The standard InChI is InChI=1S/C17H18N6O/c24-15-11-23(9-6-14(15)22-17-18-7-3-8-19-17)16-10-20-12-4-1-2-5-13(12)21-16/h1-5,7-8,10,14-15,24H,6,9,11H2,(H,18,19,22)/t14-,15-/m1/s1. The molecule has 0 amide bonds. The largest absolute Gasteiger partial charge is 0.389 e. The van der Waals surface area contributed by atoms with Crippen LogP contribution in [0.3, 0.4) is 0 Å². The van der Waals surface area contributed by atoms with Crippen molar-refractivity contribution in [2.24, 2.45) is 0 Å². The van der Waals surface area contributed by atoms with Gasteiger partial charge in [0.1, 0.15) is 5.82 Å². The van der Waals surface area contributed by atoms with Crippen LogP contribution in [0.1, 0.15) is 6.42 Å². The van der Waals surface area contributed by atoms with Gasteiger partial charge in [-0.3, -0.25) is 4.98 Å². The van der Waals surface area contributed by atoms with Gasteiger partial charge in [0.05, 0.1) is 29.4 Å². The minimum Gasteiger partial charge on any atom is -0.389 e. The summed E-state index contributed by atoms with van der Waals surface area (Å²) in [5, 5.41) is 13.7. The summed E-state index contributed by atoms with van der Waals surface area (Å²) in [6.07, 6.45) is 5.37. The second kappa shape index (κ2) is 6.37. The Labute approximate surface area is 139 Å². The van der Waals surface area contributed by atoms with Gasteiger partial charge >= 0.3 is 0 Å². The van der Waals surface area contributed by atoms with E-state index in [1.165, 1.54) is 0 Å². The van der Waals surface area contributed by atoms with E-state index in [-0.39, 0.29) is 6.04 Å². The molecule has 0 radical (unpaired) electrons. The molecule has 0 bridgehead atoms. The molecule has 0 spiro atoms. The van der Waals surface area contributed by atoms with E-state index in [0.717, 1.165) is 29.8 Å². The van der Waals surface area contributed by atoms with E-state index in [9.17, 15) is 5.11 Å². The first-order chi connectivity index (χ1) is 11.8. The van der Waals surface area contributed by atoms with Gasteiger partial charge < -0.3 is 15.3 Å². The van der Waals surface area contributed by atoms with E-state index in [1.54, 1.807) is 24.7 Å². The smallest absolute Gasteiger partial charge is 0.222 e. The molecular formula is C17H18N6O. The summed E-state index contributed by atoms with van der Waals surface area (Å²) in [5.74, 6) is 1.34. The number of nitrogens with one attached hydrogen (secondary N) is 1. The Morgan fingerprint density at radius 2 is 1.83 bits per heavy atom. The molecule has 7 heteroatoms. The van der Waals surface area contributed by atoms with Crippen LogP contribution in [0.4, 0.5) is 11.8 Å². The van der Waals surface area contributed by atoms with Crippen molar-refractivity contribution in [1.82, 2.24) is 19.9 Å². The number of hydrogen-bond donors (Lipinski definition) is 2. The minimum absolute atomic E-state index is 0.0722. The van der Waals surface area contributed by atoms with Crippen LogP contribution in [-0.2, 0) is 0 Å². The normalized spacial score (nSPS) is 21.0. The van der Waals surface area contributed by atoms with Crippen LogP contribution in [0.5, 0.6) is 0 Å². The lowest BCUT2D eigenvalue weighted by Gasteiger charge is -2.36. The molecule has 24 heavy (non-hydrogen) atoms. The molecule has 122 valence electrons. The fourth-order valence-electron chi connectivity index (χ4n) is 2.95. The van der Waals surface area contributed by atoms with E-state index < -0.39 is 6.10 Å². The van der Waals surface area contributed by atoms with Crippen molar-refractivity contribution in [3.8, 4) is 0 Å². The van der Waals surface area contributed by atoms with E-state index in [2.05, 4.69) is 30.2 Å². The van der Waals surface area contributed by atoms with Gasteiger partial charge in [0, 0.05) is 25.5 Å². The molecule has 1 aliphatic rings. The fourth-order valence-corrected chi connectivity index (χ4v) is 2.95. The fraction of sp³-hybridized carbons (Fsp3) is 0.294. The van der Waals surface area contributed by atoms with Crippen LogP contribution < -0.4 is 10.2 Å². The number of para-hydroxylation sites is 2. The third-order valence-corrected chi connectivity index (χ3v) is 4.22. The van der Waals surface area contributed by atoms with Gasteiger partial charge in [-0.25, -0.2) is 15.0 Å². The van der Waals surface area contributed by atoms with Gasteiger partial charge in [-0.15, -0.1) is 0 Å². The van der Waals surface area contributed by atoms with Crippen LogP contribution >= 0.6 is 0 Å². The maximum atomic E-state index is 10.5. The Hall–Kier alpha value is -2.80. The zero-order valence-electron chi connectivity index (χ0n) is 13.1. The molecule has 0 aliphatic carbocycles. The highest BCUT2D eigenvalue weighted by atomic mass is 16.3. The lowest BCUT2D eigenvalue weighted by Crippen LogP contribution is -2.50. The van der Waals surface area contributed by atoms with Crippen LogP contribution in [0.25, 0.3) is 11.0 Å². The van der Waals surface area contributed by atoms with Crippen molar-refractivity contribution >= 4 is 22.8 Å².